The van der Waals surface area contributed by atoms with Crippen LogP contribution in [0.1, 0.15) is 6.42 Å². The summed E-state index contributed by atoms with van der Waals surface area (Å²) in [6.45, 7) is 0. The Bertz CT molecular complexity index is 394. The zero-order valence-corrected chi connectivity index (χ0v) is 11.4. The van der Waals surface area contributed by atoms with Gasteiger partial charge in [0.15, 0.2) is 0 Å². The third kappa shape index (κ3) is 2.30. The second-order valence-corrected chi connectivity index (χ2v) is 5.96. The standard InChI is InChI=1S/C11H14BrFN2S/c1-15(7-2-3-16-6-7)11-4-8(12)9(13)5-10(11)14/h4-5,7H,2-3,6,14H2,1H3. The zero-order chi connectivity index (χ0) is 11.7. The van der Waals surface area contributed by atoms with Gasteiger partial charge in [-0.3, -0.25) is 0 Å². The lowest BCUT2D eigenvalue weighted by molar-refractivity contribution is 0.620. The smallest absolute Gasteiger partial charge is 0.139 e. The molecular formula is C11H14BrFN2S. The summed E-state index contributed by atoms with van der Waals surface area (Å²) in [7, 11) is 2.02. The van der Waals surface area contributed by atoms with Crippen molar-refractivity contribution in [2.45, 2.75) is 12.5 Å². The third-order valence-electron chi connectivity index (χ3n) is 2.90. The number of thioether (sulfide) groups is 1. The SMILES string of the molecule is CN(c1cc(Br)c(F)cc1N)C1CCSC1. The van der Waals surface area contributed by atoms with Gasteiger partial charge < -0.3 is 10.6 Å². The topological polar surface area (TPSA) is 29.3 Å². The van der Waals surface area contributed by atoms with E-state index in [-0.39, 0.29) is 5.82 Å². The molecule has 2 rings (SSSR count). The summed E-state index contributed by atoms with van der Waals surface area (Å²) in [5.74, 6) is 2.00. The number of hydrogen-bond acceptors (Lipinski definition) is 3. The van der Waals surface area contributed by atoms with Gasteiger partial charge in [-0.25, -0.2) is 4.39 Å². The van der Waals surface area contributed by atoms with Crippen molar-refractivity contribution in [1.82, 2.24) is 0 Å². The Balaban J connectivity index is 2.28. The molecule has 2 N–H and O–H groups in total. The molecule has 5 heteroatoms. The number of hydrogen-bond donors (Lipinski definition) is 1. The van der Waals surface area contributed by atoms with Crippen LogP contribution in [0, 0.1) is 5.82 Å². The molecule has 1 aliphatic heterocycles. The lowest BCUT2D eigenvalue weighted by atomic mass is 10.2. The predicted molar refractivity (Wildman–Crippen MR) is 72.6 cm³/mol. The van der Waals surface area contributed by atoms with Gasteiger partial charge in [0.05, 0.1) is 15.8 Å². The normalized spacial score (nSPS) is 20.1. The maximum absolute atomic E-state index is 13.3. The maximum atomic E-state index is 13.3. The van der Waals surface area contributed by atoms with E-state index in [0.29, 0.717) is 16.2 Å². The van der Waals surface area contributed by atoms with Crippen LogP contribution in [0.5, 0.6) is 0 Å². The van der Waals surface area contributed by atoms with Crippen molar-refractivity contribution in [3.8, 4) is 0 Å². The van der Waals surface area contributed by atoms with Crippen LogP contribution in [0.2, 0.25) is 0 Å². The minimum atomic E-state index is -0.310. The molecule has 0 saturated carbocycles. The highest BCUT2D eigenvalue weighted by atomic mass is 79.9. The first kappa shape index (κ1) is 12.0. The monoisotopic (exact) mass is 304 g/mol. The molecule has 88 valence electrons. The first-order chi connectivity index (χ1) is 7.59. The molecule has 1 atom stereocenters. The molecule has 0 radical (unpaired) electrons. The molecule has 0 aromatic heterocycles. The number of nitrogen functional groups attached to an aromatic ring is 1. The van der Waals surface area contributed by atoms with Crippen molar-refractivity contribution < 1.29 is 4.39 Å². The summed E-state index contributed by atoms with van der Waals surface area (Å²) in [6.07, 6.45) is 1.16. The largest absolute Gasteiger partial charge is 0.397 e. The summed E-state index contributed by atoms with van der Waals surface area (Å²) >= 11 is 5.14. The maximum Gasteiger partial charge on any atom is 0.139 e. The molecular weight excluding hydrogens is 291 g/mol. The van der Waals surface area contributed by atoms with Crippen molar-refractivity contribution in [3.05, 3.63) is 22.4 Å². The Hall–Kier alpha value is -0.420. The van der Waals surface area contributed by atoms with E-state index >= 15 is 0 Å². The molecule has 1 heterocycles. The summed E-state index contributed by atoms with van der Waals surface area (Å²) < 4.78 is 13.7. The second kappa shape index (κ2) is 4.84. The molecule has 1 fully saturated rings. The first-order valence-corrected chi connectivity index (χ1v) is 7.09. The van der Waals surface area contributed by atoms with Gasteiger partial charge in [0, 0.05) is 24.9 Å². The second-order valence-electron chi connectivity index (χ2n) is 3.95. The van der Waals surface area contributed by atoms with Crippen LogP contribution in [0.3, 0.4) is 0 Å². The molecule has 1 aromatic carbocycles. The van der Waals surface area contributed by atoms with Crippen molar-refractivity contribution in [2.24, 2.45) is 0 Å². The summed E-state index contributed by atoms with van der Waals surface area (Å²) in [4.78, 5) is 2.15. The minimum absolute atomic E-state index is 0.310. The Morgan fingerprint density at radius 3 is 2.94 bits per heavy atom. The number of benzene rings is 1. The third-order valence-corrected chi connectivity index (χ3v) is 4.66. The van der Waals surface area contributed by atoms with Gasteiger partial charge in [0.25, 0.3) is 0 Å². The van der Waals surface area contributed by atoms with Crippen LogP contribution in [0.25, 0.3) is 0 Å². The minimum Gasteiger partial charge on any atom is -0.397 e. The number of nitrogens with two attached hydrogens (primary N) is 1. The molecule has 16 heavy (non-hydrogen) atoms. The van der Waals surface area contributed by atoms with E-state index in [2.05, 4.69) is 20.8 Å². The van der Waals surface area contributed by atoms with Gasteiger partial charge in [-0.15, -0.1) is 0 Å². The van der Waals surface area contributed by atoms with Crippen molar-refractivity contribution >= 4 is 39.1 Å². The fourth-order valence-electron chi connectivity index (χ4n) is 1.88. The average Bonchev–Trinajstić information content (AvgIpc) is 2.75. The molecule has 0 spiro atoms. The van der Waals surface area contributed by atoms with Crippen LogP contribution < -0.4 is 10.6 Å². The summed E-state index contributed by atoms with van der Waals surface area (Å²) in [6, 6.07) is 3.63. The van der Waals surface area contributed by atoms with E-state index in [1.54, 1.807) is 6.07 Å². The Morgan fingerprint density at radius 1 is 1.56 bits per heavy atom. The van der Waals surface area contributed by atoms with Gasteiger partial charge in [-0.2, -0.15) is 11.8 Å². The molecule has 0 bridgehead atoms. The lowest BCUT2D eigenvalue weighted by Gasteiger charge is -2.27. The fraction of sp³-hybridized carbons (Fsp3) is 0.455. The van der Waals surface area contributed by atoms with Gasteiger partial charge >= 0.3 is 0 Å². The highest BCUT2D eigenvalue weighted by molar-refractivity contribution is 9.10. The Kier molecular flexibility index (Phi) is 3.64. The van der Waals surface area contributed by atoms with Gasteiger partial charge in [0.1, 0.15) is 5.82 Å². The van der Waals surface area contributed by atoms with E-state index < -0.39 is 0 Å². The van der Waals surface area contributed by atoms with E-state index in [9.17, 15) is 4.39 Å². The Labute approximate surface area is 108 Å². The lowest BCUT2D eigenvalue weighted by Crippen LogP contribution is -2.31. The van der Waals surface area contributed by atoms with Crippen LogP contribution in [0.4, 0.5) is 15.8 Å². The quantitative estimate of drug-likeness (QED) is 0.851. The average molecular weight is 305 g/mol. The van der Waals surface area contributed by atoms with E-state index in [1.807, 2.05) is 18.8 Å². The van der Waals surface area contributed by atoms with Crippen LogP contribution in [0.15, 0.2) is 16.6 Å². The number of nitrogens with zero attached hydrogens (tertiary/aromatic N) is 1. The highest BCUT2D eigenvalue weighted by Gasteiger charge is 2.22. The van der Waals surface area contributed by atoms with Gasteiger partial charge in [-0.05, 0) is 34.2 Å². The zero-order valence-electron chi connectivity index (χ0n) is 9.04. The Morgan fingerprint density at radius 2 is 2.31 bits per heavy atom. The number of halogens is 2. The highest BCUT2D eigenvalue weighted by Crippen LogP contribution is 2.33. The van der Waals surface area contributed by atoms with E-state index in [0.717, 1.165) is 17.9 Å². The molecule has 1 unspecified atom stereocenters. The van der Waals surface area contributed by atoms with E-state index in [1.165, 1.54) is 11.8 Å². The number of anilines is 2. The molecule has 0 aliphatic carbocycles. The molecule has 1 aromatic rings. The number of rotatable bonds is 2. The van der Waals surface area contributed by atoms with Crippen LogP contribution in [-0.2, 0) is 0 Å². The van der Waals surface area contributed by atoms with E-state index in [4.69, 9.17) is 5.73 Å². The van der Waals surface area contributed by atoms with Crippen molar-refractivity contribution in [2.75, 3.05) is 29.2 Å². The first-order valence-electron chi connectivity index (χ1n) is 5.14. The van der Waals surface area contributed by atoms with Crippen molar-refractivity contribution in [1.29, 1.82) is 0 Å². The molecule has 1 saturated heterocycles. The molecule has 0 amide bonds. The molecule has 2 nitrogen and oxygen atoms in total. The summed E-state index contributed by atoms with van der Waals surface area (Å²) in [5, 5.41) is 0. The van der Waals surface area contributed by atoms with Crippen LogP contribution >= 0.6 is 27.7 Å². The molecule has 1 aliphatic rings. The van der Waals surface area contributed by atoms with Crippen LogP contribution in [-0.4, -0.2) is 24.6 Å². The van der Waals surface area contributed by atoms with Crippen molar-refractivity contribution in [3.63, 3.8) is 0 Å². The summed E-state index contributed by atoms with van der Waals surface area (Å²) in [5.41, 5.74) is 7.25. The predicted octanol–water partition coefficient (Wildman–Crippen LogP) is 3.11. The van der Waals surface area contributed by atoms with Gasteiger partial charge in [-0.1, -0.05) is 0 Å². The van der Waals surface area contributed by atoms with Gasteiger partial charge in [0.2, 0.25) is 0 Å². The fourth-order valence-corrected chi connectivity index (χ4v) is 3.48.